The monoisotopic (exact) mass is 270 g/mol. The Labute approximate surface area is 117 Å². The predicted molar refractivity (Wildman–Crippen MR) is 79.2 cm³/mol. The van der Waals surface area contributed by atoms with E-state index in [9.17, 15) is 9.90 Å². The molecule has 1 aliphatic carbocycles. The molecule has 2 aromatic rings. The average molecular weight is 270 g/mol. The van der Waals surface area contributed by atoms with Gasteiger partial charge in [-0.15, -0.1) is 0 Å². The van der Waals surface area contributed by atoms with Gasteiger partial charge in [-0.25, -0.2) is 0 Å². The van der Waals surface area contributed by atoms with E-state index in [1.807, 2.05) is 19.1 Å². The molecular formula is C16H18N2O2. The molecular weight excluding hydrogens is 252 g/mol. The van der Waals surface area contributed by atoms with Gasteiger partial charge in [-0.3, -0.25) is 4.79 Å². The molecule has 1 heterocycles. The van der Waals surface area contributed by atoms with Gasteiger partial charge in [0, 0.05) is 17.4 Å². The van der Waals surface area contributed by atoms with Crippen molar-refractivity contribution in [3.05, 3.63) is 57.5 Å². The maximum Gasteiger partial charge on any atom is 0.248 e. The van der Waals surface area contributed by atoms with E-state index < -0.39 is 0 Å². The van der Waals surface area contributed by atoms with Crippen LogP contribution in [0.15, 0.2) is 35.1 Å². The summed E-state index contributed by atoms with van der Waals surface area (Å²) in [7, 11) is 0. The molecule has 0 radical (unpaired) electrons. The van der Waals surface area contributed by atoms with Gasteiger partial charge in [-0.2, -0.15) is 0 Å². The van der Waals surface area contributed by atoms with Crippen LogP contribution >= 0.6 is 0 Å². The number of benzene rings is 1. The number of aromatic hydroxyl groups is 1. The highest BCUT2D eigenvalue weighted by molar-refractivity contribution is 5.55. The molecule has 0 saturated carbocycles. The number of aromatic nitrogens is 1. The molecule has 0 spiro atoms. The van der Waals surface area contributed by atoms with Crippen LogP contribution in [0.25, 0.3) is 0 Å². The van der Waals surface area contributed by atoms with E-state index in [2.05, 4.69) is 10.3 Å². The maximum absolute atomic E-state index is 11.4. The predicted octanol–water partition coefficient (Wildman–Crippen LogP) is 2.88. The summed E-state index contributed by atoms with van der Waals surface area (Å²) >= 11 is 0. The van der Waals surface area contributed by atoms with E-state index in [0.29, 0.717) is 0 Å². The molecule has 4 heteroatoms. The Balaban J connectivity index is 1.91. The van der Waals surface area contributed by atoms with Crippen molar-refractivity contribution in [3.8, 4) is 5.75 Å². The zero-order valence-corrected chi connectivity index (χ0v) is 11.4. The summed E-state index contributed by atoms with van der Waals surface area (Å²) in [6.45, 7) is 1.97. The summed E-state index contributed by atoms with van der Waals surface area (Å²) in [6.07, 6.45) is 3.03. The Morgan fingerprint density at radius 3 is 2.95 bits per heavy atom. The molecule has 1 atom stereocenters. The summed E-state index contributed by atoms with van der Waals surface area (Å²) in [5, 5.41) is 13.0. The molecule has 20 heavy (non-hydrogen) atoms. The third-order valence-electron chi connectivity index (χ3n) is 3.87. The van der Waals surface area contributed by atoms with Crippen molar-refractivity contribution < 1.29 is 5.11 Å². The third-order valence-corrected chi connectivity index (χ3v) is 3.87. The van der Waals surface area contributed by atoms with Gasteiger partial charge in [-0.05, 0) is 61.6 Å². The van der Waals surface area contributed by atoms with E-state index in [0.717, 1.165) is 36.2 Å². The molecule has 0 amide bonds. The van der Waals surface area contributed by atoms with Crippen LogP contribution in [0.1, 0.15) is 35.7 Å². The van der Waals surface area contributed by atoms with E-state index >= 15 is 0 Å². The van der Waals surface area contributed by atoms with Crippen LogP contribution in [0, 0.1) is 6.92 Å². The number of pyridine rings is 1. The van der Waals surface area contributed by atoms with E-state index in [4.69, 9.17) is 0 Å². The molecule has 1 aromatic heterocycles. The van der Waals surface area contributed by atoms with Gasteiger partial charge in [0.1, 0.15) is 5.75 Å². The molecule has 1 aliphatic rings. The normalized spacial score (nSPS) is 17.6. The summed E-state index contributed by atoms with van der Waals surface area (Å²) in [6, 6.07) is 9.04. The average Bonchev–Trinajstić information content (AvgIpc) is 2.41. The number of phenolic OH excluding ortho intramolecular Hbond substituents is 1. The lowest BCUT2D eigenvalue weighted by molar-refractivity contribution is 0.475. The smallest absolute Gasteiger partial charge is 0.248 e. The Morgan fingerprint density at radius 2 is 2.15 bits per heavy atom. The molecule has 0 fully saturated rings. The lowest BCUT2D eigenvalue weighted by Gasteiger charge is -2.27. The van der Waals surface area contributed by atoms with Crippen molar-refractivity contribution >= 4 is 5.69 Å². The number of nitrogens with one attached hydrogen (secondary N) is 2. The molecule has 3 N–H and O–H groups in total. The first kappa shape index (κ1) is 12.8. The number of hydrogen-bond donors (Lipinski definition) is 3. The van der Waals surface area contributed by atoms with Crippen LogP contribution < -0.4 is 10.9 Å². The quantitative estimate of drug-likeness (QED) is 0.735. The minimum absolute atomic E-state index is 0.0368. The Morgan fingerprint density at radius 1 is 1.30 bits per heavy atom. The number of hydrogen-bond acceptors (Lipinski definition) is 3. The van der Waals surface area contributed by atoms with E-state index in [-0.39, 0.29) is 17.4 Å². The van der Waals surface area contributed by atoms with Crippen molar-refractivity contribution in [2.75, 3.05) is 5.32 Å². The maximum atomic E-state index is 11.4. The fourth-order valence-corrected chi connectivity index (χ4v) is 2.85. The standard InChI is InChI=1S/C16H18N2O2/c1-10-9-11(19)5-7-13(10)17-14-3-2-4-15-12(14)6-8-16(20)18-15/h5-9,14,17,19H,2-4H2,1H3,(H,18,20). The summed E-state index contributed by atoms with van der Waals surface area (Å²) in [5.41, 5.74) is 4.21. The van der Waals surface area contributed by atoms with Crippen molar-refractivity contribution in [2.24, 2.45) is 0 Å². The SMILES string of the molecule is Cc1cc(O)ccc1NC1CCCc2[nH]c(=O)ccc21. The van der Waals surface area contributed by atoms with Gasteiger partial charge in [-0.1, -0.05) is 0 Å². The second kappa shape index (κ2) is 5.04. The van der Waals surface area contributed by atoms with Gasteiger partial charge in [0.25, 0.3) is 0 Å². The highest BCUT2D eigenvalue weighted by Gasteiger charge is 2.21. The topological polar surface area (TPSA) is 65.1 Å². The van der Waals surface area contributed by atoms with Crippen molar-refractivity contribution in [2.45, 2.75) is 32.2 Å². The van der Waals surface area contributed by atoms with Gasteiger partial charge in [0.05, 0.1) is 6.04 Å². The number of aryl methyl sites for hydroxylation is 2. The van der Waals surface area contributed by atoms with Crippen LogP contribution in [-0.4, -0.2) is 10.1 Å². The second-order valence-corrected chi connectivity index (χ2v) is 5.34. The summed E-state index contributed by atoms with van der Waals surface area (Å²) in [5.74, 6) is 0.279. The highest BCUT2D eigenvalue weighted by atomic mass is 16.3. The van der Waals surface area contributed by atoms with E-state index in [1.165, 1.54) is 5.56 Å². The van der Waals surface area contributed by atoms with Gasteiger partial charge in [0.15, 0.2) is 0 Å². The minimum Gasteiger partial charge on any atom is -0.508 e. The Kier molecular flexibility index (Phi) is 3.22. The molecule has 3 rings (SSSR count). The van der Waals surface area contributed by atoms with Gasteiger partial charge < -0.3 is 15.4 Å². The Bertz CT molecular complexity index is 691. The first-order valence-electron chi connectivity index (χ1n) is 6.92. The number of H-pyrrole nitrogens is 1. The molecule has 0 saturated heterocycles. The van der Waals surface area contributed by atoms with Crippen LogP contribution in [0.3, 0.4) is 0 Å². The van der Waals surface area contributed by atoms with Gasteiger partial charge >= 0.3 is 0 Å². The zero-order valence-electron chi connectivity index (χ0n) is 11.4. The molecule has 1 aromatic carbocycles. The molecule has 4 nitrogen and oxygen atoms in total. The number of fused-ring (bicyclic) bond motifs is 1. The van der Waals surface area contributed by atoms with Crippen LogP contribution in [-0.2, 0) is 6.42 Å². The van der Waals surface area contributed by atoms with Crippen LogP contribution in [0.5, 0.6) is 5.75 Å². The summed E-state index contributed by atoms with van der Waals surface area (Å²) in [4.78, 5) is 14.3. The first-order chi connectivity index (χ1) is 9.63. The second-order valence-electron chi connectivity index (χ2n) is 5.34. The zero-order chi connectivity index (χ0) is 14.1. The summed E-state index contributed by atoms with van der Waals surface area (Å²) < 4.78 is 0. The van der Waals surface area contributed by atoms with Gasteiger partial charge in [0.2, 0.25) is 5.56 Å². The fraction of sp³-hybridized carbons (Fsp3) is 0.312. The fourth-order valence-electron chi connectivity index (χ4n) is 2.85. The Hall–Kier alpha value is -2.23. The van der Waals surface area contributed by atoms with Crippen molar-refractivity contribution in [1.82, 2.24) is 4.98 Å². The molecule has 104 valence electrons. The largest absolute Gasteiger partial charge is 0.508 e. The van der Waals surface area contributed by atoms with Crippen molar-refractivity contribution in [1.29, 1.82) is 0 Å². The molecule has 0 bridgehead atoms. The minimum atomic E-state index is -0.0368. The van der Waals surface area contributed by atoms with Crippen molar-refractivity contribution in [3.63, 3.8) is 0 Å². The number of phenols is 1. The number of anilines is 1. The lowest BCUT2D eigenvalue weighted by Crippen LogP contribution is -2.21. The number of aromatic amines is 1. The van der Waals surface area contributed by atoms with Crippen LogP contribution in [0.4, 0.5) is 5.69 Å². The first-order valence-corrected chi connectivity index (χ1v) is 6.92. The lowest BCUT2D eigenvalue weighted by atomic mass is 9.91. The number of rotatable bonds is 2. The molecule has 0 aliphatic heterocycles. The third kappa shape index (κ3) is 2.41. The molecule has 1 unspecified atom stereocenters. The highest BCUT2D eigenvalue weighted by Crippen LogP contribution is 2.32. The van der Waals surface area contributed by atoms with E-state index in [1.54, 1.807) is 18.2 Å². The van der Waals surface area contributed by atoms with Crippen LogP contribution in [0.2, 0.25) is 0 Å².